The average molecular weight is 421 g/mol. The van der Waals surface area contributed by atoms with Gasteiger partial charge < -0.3 is 29.5 Å². The lowest BCUT2D eigenvalue weighted by atomic mass is 9.87. The molecule has 2 aromatic carbocycles. The molecule has 1 fully saturated rings. The summed E-state index contributed by atoms with van der Waals surface area (Å²) in [6, 6.07) is 11.5. The van der Waals surface area contributed by atoms with Gasteiger partial charge in [-0.05, 0) is 41.3 Å². The number of benzene rings is 2. The number of aliphatic hydroxyl groups is 3. The molecule has 2 aliphatic rings. The normalized spacial score (nSPS) is 23.0. The molecule has 2 atom stereocenters. The molecular weight excluding hydrogens is 396 g/mol. The van der Waals surface area contributed by atoms with Crippen molar-refractivity contribution in [3.05, 3.63) is 58.1 Å². The first-order valence-electron chi connectivity index (χ1n) is 9.76. The highest BCUT2D eigenvalue weighted by molar-refractivity contribution is 6.31. The van der Waals surface area contributed by atoms with Gasteiger partial charge in [0, 0.05) is 17.9 Å². The highest BCUT2D eigenvalue weighted by Crippen LogP contribution is 2.39. The Balaban J connectivity index is 1.58. The Bertz CT molecular complexity index is 866. The van der Waals surface area contributed by atoms with E-state index in [-0.39, 0.29) is 19.6 Å². The van der Waals surface area contributed by atoms with Crippen LogP contribution in [0.25, 0.3) is 0 Å². The van der Waals surface area contributed by atoms with Crippen LogP contribution < -0.4 is 9.47 Å². The molecule has 2 aromatic rings. The van der Waals surface area contributed by atoms with E-state index >= 15 is 0 Å². The zero-order valence-electron chi connectivity index (χ0n) is 16.0. The van der Waals surface area contributed by atoms with E-state index in [0.29, 0.717) is 31.1 Å². The molecule has 0 aliphatic carbocycles. The van der Waals surface area contributed by atoms with Crippen molar-refractivity contribution in [3.63, 3.8) is 0 Å². The van der Waals surface area contributed by atoms with Crippen LogP contribution >= 0.6 is 11.6 Å². The van der Waals surface area contributed by atoms with Crippen molar-refractivity contribution in [2.45, 2.75) is 37.1 Å². The van der Waals surface area contributed by atoms with Crippen molar-refractivity contribution in [3.8, 4) is 11.5 Å². The maximum atomic E-state index is 10.3. The van der Waals surface area contributed by atoms with Gasteiger partial charge in [0.05, 0.1) is 25.4 Å². The number of rotatable bonds is 5. The van der Waals surface area contributed by atoms with Gasteiger partial charge >= 0.3 is 0 Å². The number of halogens is 1. The Hall–Kier alpha value is -1.83. The Morgan fingerprint density at radius 1 is 1.00 bits per heavy atom. The molecule has 0 aromatic heterocycles. The van der Waals surface area contributed by atoms with Crippen LogP contribution in [0.3, 0.4) is 0 Å². The predicted octanol–water partition coefficient (Wildman–Crippen LogP) is 2.64. The van der Waals surface area contributed by atoms with Gasteiger partial charge in [-0.15, -0.1) is 0 Å². The van der Waals surface area contributed by atoms with Crippen LogP contribution in [-0.2, 0) is 11.2 Å². The van der Waals surface area contributed by atoms with Crippen molar-refractivity contribution in [1.82, 2.24) is 0 Å². The largest absolute Gasteiger partial charge is 0.486 e. The first kappa shape index (κ1) is 20.4. The van der Waals surface area contributed by atoms with Gasteiger partial charge in [0.25, 0.3) is 0 Å². The Morgan fingerprint density at radius 2 is 1.76 bits per heavy atom. The lowest BCUT2D eigenvalue weighted by Crippen LogP contribution is -2.48. The molecule has 0 radical (unpaired) electrons. The van der Waals surface area contributed by atoms with Crippen LogP contribution in [0.2, 0.25) is 5.02 Å². The quantitative estimate of drug-likeness (QED) is 0.689. The molecule has 7 heteroatoms. The smallest absolute Gasteiger partial charge is 0.161 e. The summed E-state index contributed by atoms with van der Waals surface area (Å²) in [7, 11) is 0. The van der Waals surface area contributed by atoms with Crippen molar-refractivity contribution in [1.29, 1.82) is 0 Å². The molecule has 3 N–H and O–H groups in total. The van der Waals surface area contributed by atoms with E-state index in [2.05, 4.69) is 0 Å². The van der Waals surface area contributed by atoms with Gasteiger partial charge in [0.1, 0.15) is 18.8 Å². The average Bonchev–Trinajstić information content (AvgIpc) is 2.74. The lowest BCUT2D eigenvalue weighted by Gasteiger charge is -2.41. The van der Waals surface area contributed by atoms with Gasteiger partial charge in [-0.3, -0.25) is 0 Å². The van der Waals surface area contributed by atoms with Gasteiger partial charge in [-0.25, -0.2) is 0 Å². The van der Waals surface area contributed by atoms with Crippen molar-refractivity contribution in [2.24, 2.45) is 0 Å². The molecule has 156 valence electrons. The molecule has 0 spiro atoms. The van der Waals surface area contributed by atoms with Gasteiger partial charge in [0.15, 0.2) is 11.5 Å². The molecule has 0 amide bonds. The number of hydrogen-bond acceptors (Lipinski definition) is 6. The van der Waals surface area contributed by atoms with Crippen LogP contribution in [0.1, 0.15) is 35.6 Å². The lowest BCUT2D eigenvalue weighted by molar-refractivity contribution is -0.198. The Morgan fingerprint density at radius 3 is 2.52 bits per heavy atom. The van der Waals surface area contributed by atoms with Crippen molar-refractivity contribution in [2.75, 3.05) is 26.4 Å². The molecule has 2 heterocycles. The Kier molecular flexibility index (Phi) is 5.99. The van der Waals surface area contributed by atoms with Gasteiger partial charge in [-0.2, -0.15) is 0 Å². The molecule has 1 saturated heterocycles. The molecule has 29 heavy (non-hydrogen) atoms. The molecule has 0 bridgehead atoms. The minimum atomic E-state index is -1.14. The van der Waals surface area contributed by atoms with Crippen molar-refractivity contribution >= 4 is 11.6 Å². The zero-order valence-corrected chi connectivity index (χ0v) is 16.8. The minimum Gasteiger partial charge on any atom is -0.486 e. The Labute approximate surface area is 174 Å². The van der Waals surface area contributed by atoms with Crippen LogP contribution in [0.4, 0.5) is 0 Å². The number of ether oxygens (including phenoxy) is 3. The molecule has 2 unspecified atom stereocenters. The van der Waals surface area contributed by atoms with E-state index in [1.165, 1.54) is 0 Å². The predicted molar refractivity (Wildman–Crippen MR) is 108 cm³/mol. The summed E-state index contributed by atoms with van der Waals surface area (Å²) >= 11 is 6.44. The molecular formula is C22H25ClO6. The summed E-state index contributed by atoms with van der Waals surface area (Å²) in [5, 5.41) is 30.2. The maximum absolute atomic E-state index is 10.3. The van der Waals surface area contributed by atoms with E-state index in [0.717, 1.165) is 28.2 Å². The highest BCUT2D eigenvalue weighted by atomic mass is 35.5. The first-order chi connectivity index (χ1) is 14.0. The summed E-state index contributed by atoms with van der Waals surface area (Å²) < 4.78 is 17.2. The minimum absolute atomic E-state index is 0.203. The SMILES string of the molecule is OCC1(CO)CC(O)CC(c2ccc(Cl)c(Cc3ccc4c(c3)OCCO4)c2)O1. The van der Waals surface area contributed by atoms with Gasteiger partial charge in [-0.1, -0.05) is 29.8 Å². The third-order valence-corrected chi connectivity index (χ3v) is 5.87. The van der Waals surface area contributed by atoms with Crippen LogP contribution in [-0.4, -0.2) is 53.5 Å². The standard InChI is InChI=1S/C22H25ClO6/c23-18-3-2-15(20-10-17(26)11-22(12-24,13-25)29-20)9-16(18)7-14-1-4-19-21(8-14)28-6-5-27-19/h1-4,8-9,17,20,24-26H,5-7,10-13H2. The molecule has 2 aliphatic heterocycles. The fourth-order valence-electron chi connectivity index (χ4n) is 3.96. The zero-order chi connectivity index (χ0) is 20.4. The second-order valence-electron chi connectivity index (χ2n) is 7.71. The van der Waals surface area contributed by atoms with Crippen LogP contribution in [0.15, 0.2) is 36.4 Å². The van der Waals surface area contributed by atoms with Gasteiger partial charge in [0.2, 0.25) is 0 Å². The molecule has 6 nitrogen and oxygen atoms in total. The highest BCUT2D eigenvalue weighted by Gasteiger charge is 2.41. The van der Waals surface area contributed by atoms with Crippen molar-refractivity contribution < 1.29 is 29.5 Å². The summed E-state index contributed by atoms with van der Waals surface area (Å²) in [4.78, 5) is 0. The third kappa shape index (κ3) is 4.37. The number of aliphatic hydroxyl groups excluding tert-OH is 3. The van der Waals surface area contributed by atoms with E-state index in [9.17, 15) is 15.3 Å². The van der Waals surface area contributed by atoms with E-state index in [4.69, 9.17) is 25.8 Å². The topological polar surface area (TPSA) is 88.4 Å². The monoisotopic (exact) mass is 420 g/mol. The number of hydrogen-bond donors (Lipinski definition) is 3. The first-order valence-corrected chi connectivity index (χ1v) is 10.1. The van der Waals surface area contributed by atoms with E-state index < -0.39 is 17.8 Å². The van der Waals surface area contributed by atoms with E-state index in [1.807, 2.05) is 36.4 Å². The van der Waals surface area contributed by atoms with E-state index in [1.54, 1.807) is 0 Å². The fraction of sp³-hybridized carbons (Fsp3) is 0.455. The second kappa shape index (κ2) is 8.50. The second-order valence-corrected chi connectivity index (χ2v) is 8.11. The molecule has 4 rings (SSSR count). The summed E-state index contributed by atoms with van der Waals surface area (Å²) in [6.07, 6.45) is 0.101. The maximum Gasteiger partial charge on any atom is 0.161 e. The van der Waals surface area contributed by atoms with Crippen LogP contribution in [0, 0.1) is 0 Å². The fourth-order valence-corrected chi connectivity index (χ4v) is 4.15. The summed E-state index contributed by atoms with van der Waals surface area (Å²) in [6.45, 7) is 0.380. The number of fused-ring (bicyclic) bond motifs is 1. The summed E-state index contributed by atoms with van der Waals surface area (Å²) in [5.41, 5.74) is 1.67. The molecule has 0 saturated carbocycles. The summed E-state index contributed by atoms with van der Waals surface area (Å²) in [5.74, 6) is 1.48. The van der Waals surface area contributed by atoms with Crippen LogP contribution in [0.5, 0.6) is 11.5 Å². The third-order valence-electron chi connectivity index (χ3n) is 5.51.